The zero-order valence-corrected chi connectivity index (χ0v) is 22.7. The van der Waals surface area contributed by atoms with Crippen molar-refractivity contribution < 1.29 is 24.6 Å². The molecule has 0 saturated heterocycles. The van der Waals surface area contributed by atoms with Gasteiger partial charge in [0.2, 0.25) is 0 Å². The average Bonchev–Trinajstić information content (AvgIpc) is 2.95. The fraction of sp³-hybridized carbons (Fsp3) is 0.323. The zero-order valence-electron chi connectivity index (χ0n) is 22.7. The normalized spacial score (nSPS) is 10.3. The van der Waals surface area contributed by atoms with Crippen LogP contribution in [0.5, 0.6) is 0 Å². The highest BCUT2D eigenvalue weighted by Gasteiger charge is 2.09. The first-order valence-corrected chi connectivity index (χ1v) is 13.0. The Morgan fingerprint density at radius 2 is 1.33 bits per heavy atom. The number of hydrogen-bond acceptors (Lipinski definition) is 6. The van der Waals surface area contributed by atoms with Crippen molar-refractivity contribution >= 4 is 18.2 Å². The van der Waals surface area contributed by atoms with E-state index in [4.69, 9.17) is 27.4 Å². The molecule has 39 heavy (non-hydrogen) atoms. The second-order valence-electron chi connectivity index (χ2n) is 8.50. The Bertz CT molecular complexity index is 1030. The summed E-state index contributed by atoms with van der Waals surface area (Å²) >= 11 is 0. The van der Waals surface area contributed by atoms with Gasteiger partial charge in [-0.2, -0.15) is 0 Å². The number of rotatable bonds is 11. The summed E-state index contributed by atoms with van der Waals surface area (Å²) in [7, 11) is 0. The van der Waals surface area contributed by atoms with Gasteiger partial charge in [0.1, 0.15) is 12.3 Å². The molecule has 0 radical (unpaired) electrons. The number of aldehydes is 1. The van der Waals surface area contributed by atoms with Crippen molar-refractivity contribution in [3.8, 4) is 11.1 Å². The van der Waals surface area contributed by atoms with Crippen LogP contribution in [0, 0.1) is 0 Å². The monoisotopic (exact) mass is 537 g/mol. The topological polar surface area (TPSA) is 170 Å². The first-order chi connectivity index (χ1) is 18.8. The van der Waals surface area contributed by atoms with Crippen LogP contribution in [0.1, 0.15) is 54.9 Å². The van der Waals surface area contributed by atoms with Crippen LogP contribution in [-0.2, 0) is 16.0 Å². The third-order valence-corrected chi connectivity index (χ3v) is 5.18. The number of hydrogen-bond donors (Lipinski definition) is 5. The quantitative estimate of drug-likeness (QED) is 0.172. The Labute approximate surface area is 231 Å². The van der Waals surface area contributed by atoms with E-state index in [9.17, 15) is 14.4 Å². The summed E-state index contributed by atoms with van der Waals surface area (Å²) < 4.78 is 0. The summed E-state index contributed by atoms with van der Waals surface area (Å²) in [6.07, 6.45) is 5.03. The Balaban J connectivity index is 0.000000518. The molecule has 0 amide bonds. The Hall–Kier alpha value is -3.85. The standard InChI is InChI=1S/C13H10O.C8H11N.C6H14N2O2.C4H8O2/c14-10-11-6-8-13(9-7-11)12-4-2-1-3-5-12;9-7-6-8-4-2-1-3-5-8;7-4-2-1-3-5(8)6(9)10;1-2-3-4(5)6/h1-10H;1-5H,6-7,9H2;5H,1-4,7-8H2,(H,9,10);2-3H2,1H3,(H,5,6)/t;;5-;/m..0./s1. The summed E-state index contributed by atoms with van der Waals surface area (Å²) in [6.45, 7) is 3.18. The number of carbonyl (C=O) groups is 3. The van der Waals surface area contributed by atoms with E-state index in [1.165, 1.54) is 11.1 Å². The lowest BCUT2D eigenvalue weighted by atomic mass is 10.0. The minimum Gasteiger partial charge on any atom is -0.481 e. The summed E-state index contributed by atoms with van der Waals surface area (Å²) in [5.74, 6) is -1.64. The minimum atomic E-state index is -0.933. The molecule has 0 unspecified atom stereocenters. The van der Waals surface area contributed by atoms with Crippen LogP contribution in [0.3, 0.4) is 0 Å². The van der Waals surface area contributed by atoms with E-state index < -0.39 is 18.0 Å². The fourth-order valence-corrected chi connectivity index (χ4v) is 3.04. The van der Waals surface area contributed by atoms with Gasteiger partial charge < -0.3 is 27.4 Å². The third kappa shape index (κ3) is 19.0. The van der Waals surface area contributed by atoms with E-state index >= 15 is 0 Å². The maximum absolute atomic E-state index is 10.5. The van der Waals surface area contributed by atoms with Gasteiger partial charge in [0.15, 0.2) is 0 Å². The molecule has 212 valence electrons. The molecule has 0 aliphatic rings. The molecule has 0 saturated carbocycles. The molecular formula is C31H43N3O5. The van der Waals surface area contributed by atoms with Gasteiger partial charge in [0.25, 0.3) is 0 Å². The first-order valence-electron chi connectivity index (χ1n) is 13.0. The SMILES string of the molecule is CCCC(=O)O.NCCCC[C@H](N)C(=O)O.NCCc1ccccc1.O=Cc1ccc(-c2ccccc2)cc1. The van der Waals surface area contributed by atoms with Crippen molar-refractivity contribution in [1.29, 1.82) is 0 Å². The van der Waals surface area contributed by atoms with Gasteiger partial charge in [-0.1, -0.05) is 98.3 Å². The minimum absolute atomic E-state index is 0.292. The van der Waals surface area contributed by atoms with E-state index in [2.05, 4.69) is 24.3 Å². The van der Waals surface area contributed by atoms with Gasteiger partial charge in [-0.15, -0.1) is 0 Å². The number of aliphatic carboxylic acids is 2. The van der Waals surface area contributed by atoms with E-state index in [-0.39, 0.29) is 0 Å². The molecule has 0 fully saturated rings. The predicted octanol–water partition coefficient (Wildman–Crippen LogP) is 4.75. The van der Waals surface area contributed by atoms with Gasteiger partial charge in [0.05, 0.1) is 0 Å². The van der Waals surface area contributed by atoms with Crippen molar-refractivity contribution in [3.63, 3.8) is 0 Å². The van der Waals surface area contributed by atoms with Gasteiger partial charge in [-0.3, -0.25) is 14.4 Å². The molecule has 1 atom stereocenters. The summed E-state index contributed by atoms with van der Waals surface area (Å²) in [6, 6.07) is 27.2. The molecule has 8 N–H and O–H groups in total. The average molecular weight is 538 g/mol. The maximum atomic E-state index is 10.5. The highest BCUT2D eigenvalue weighted by atomic mass is 16.4. The van der Waals surface area contributed by atoms with Crippen LogP contribution < -0.4 is 17.2 Å². The molecule has 8 heteroatoms. The smallest absolute Gasteiger partial charge is 0.320 e. The van der Waals surface area contributed by atoms with Gasteiger partial charge >= 0.3 is 11.9 Å². The van der Waals surface area contributed by atoms with E-state index in [1.54, 1.807) is 0 Å². The van der Waals surface area contributed by atoms with Crippen molar-refractivity contribution in [2.24, 2.45) is 17.2 Å². The molecule has 3 aromatic carbocycles. The summed E-state index contributed by atoms with van der Waals surface area (Å²) in [5, 5.41) is 16.2. The number of unbranched alkanes of at least 4 members (excludes halogenated alkanes) is 1. The Morgan fingerprint density at radius 1 is 0.795 bits per heavy atom. The lowest BCUT2D eigenvalue weighted by Gasteiger charge is -2.03. The van der Waals surface area contributed by atoms with E-state index in [0.717, 1.165) is 44.1 Å². The molecule has 0 heterocycles. The van der Waals surface area contributed by atoms with Crippen molar-refractivity contribution in [3.05, 3.63) is 96.1 Å². The molecule has 0 aliphatic heterocycles. The second-order valence-corrected chi connectivity index (χ2v) is 8.50. The zero-order chi connectivity index (χ0) is 29.3. The number of carboxylic acid groups (broad SMARTS) is 2. The molecule has 3 aromatic rings. The van der Waals surface area contributed by atoms with Gasteiger partial charge in [-0.25, -0.2) is 0 Å². The van der Waals surface area contributed by atoms with Crippen molar-refractivity contribution in [2.45, 2.75) is 51.5 Å². The second kappa shape index (κ2) is 23.3. The number of benzene rings is 3. The van der Waals surface area contributed by atoms with Gasteiger partial charge in [-0.05, 0) is 55.5 Å². The van der Waals surface area contributed by atoms with Crippen LogP contribution in [0.15, 0.2) is 84.9 Å². The summed E-state index contributed by atoms with van der Waals surface area (Å²) in [4.78, 5) is 30.2. The van der Waals surface area contributed by atoms with Crippen LogP contribution in [0.25, 0.3) is 11.1 Å². The van der Waals surface area contributed by atoms with E-state index in [0.29, 0.717) is 24.9 Å². The fourth-order valence-electron chi connectivity index (χ4n) is 3.04. The van der Waals surface area contributed by atoms with Crippen LogP contribution >= 0.6 is 0 Å². The highest BCUT2D eigenvalue weighted by Crippen LogP contribution is 2.18. The summed E-state index contributed by atoms with van der Waals surface area (Å²) in [5.41, 5.74) is 20.1. The highest BCUT2D eigenvalue weighted by molar-refractivity contribution is 5.76. The third-order valence-electron chi connectivity index (χ3n) is 5.18. The Morgan fingerprint density at radius 3 is 1.74 bits per heavy atom. The molecule has 3 rings (SSSR count). The molecule has 0 spiro atoms. The first kappa shape index (κ1) is 35.2. The lowest BCUT2D eigenvalue weighted by Crippen LogP contribution is -2.29. The van der Waals surface area contributed by atoms with Crippen LogP contribution in [0.2, 0.25) is 0 Å². The van der Waals surface area contributed by atoms with Crippen molar-refractivity contribution in [1.82, 2.24) is 0 Å². The molecule has 0 aliphatic carbocycles. The molecule has 8 nitrogen and oxygen atoms in total. The van der Waals surface area contributed by atoms with Crippen molar-refractivity contribution in [2.75, 3.05) is 13.1 Å². The van der Waals surface area contributed by atoms with E-state index in [1.807, 2.05) is 67.6 Å². The number of nitrogens with two attached hydrogens (primary N) is 3. The maximum Gasteiger partial charge on any atom is 0.320 e. The lowest BCUT2D eigenvalue weighted by molar-refractivity contribution is -0.139. The Kier molecular flexibility index (Phi) is 21.0. The van der Waals surface area contributed by atoms with Crippen LogP contribution in [0.4, 0.5) is 0 Å². The number of carbonyl (C=O) groups excluding carboxylic acids is 1. The molecular weight excluding hydrogens is 494 g/mol. The number of carboxylic acids is 2. The van der Waals surface area contributed by atoms with Crippen LogP contribution in [-0.4, -0.2) is 47.6 Å². The largest absolute Gasteiger partial charge is 0.481 e. The molecule has 0 bridgehead atoms. The van der Waals surface area contributed by atoms with Gasteiger partial charge in [0, 0.05) is 12.0 Å². The molecule has 0 aromatic heterocycles. The predicted molar refractivity (Wildman–Crippen MR) is 158 cm³/mol.